The highest BCUT2D eigenvalue weighted by atomic mass is 16.5. The van der Waals surface area contributed by atoms with Gasteiger partial charge in [0.05, 0.1) is 29.4 Å². The maximum absolute atomic E-state index is 12.9. The summed E-state index contributed by atoms with van der Waals surface area (Å²) < 4.78 is 7.50. The lowest BCUT2D eigenvalue weighted by Gasteiger charge is -2.34. The molecule has 0 spiro atoms. The van der Waals surface area contributed by atoms with Crippen LogP contribution in [0.2, 0.25) is 0 Å². The van der Waals surface area contributed by atoms with Crippen LogP contribution in [0.3, 0.4) is 0 Å². The van der Waals surface area contributed by atoms with Crippen LogP contribution >= 0.6 is 0 Å². The minimum Gasteiger partial charge on any atom is -0.462 e. The van der Waals surface area contributed by atoms with E-state index in [1.165, 1.54) is 0 Å². The predicted octanol–water partition coefficient (Wildman–Crippen LogP) is 7.04. The first-order chi connectivity index (χ1) is 16.8. The van der Waals surface area contributed by atoms with Gasteiger partial charge in [0, 0.05) is 17.6 Å². The molecule has 0 unspecified atom stereocenters. The molecule has 0 aliphatic rings. The lowest BCUT2D eigenvalue weighted by Crippen LogP contribution is -2.26. The number of benzene rings is 3. The van der Waals surface area contributed by atoms with E-state index in [0.29, 0.717) is 12.2 Å². The Kier molecular flexibility index (Phi) is 6.13. The van der Waals surface area contributed by atoms with Crippen LogP contribution in [0.5, 0.6) is 0 Å². The van der Waals surface area contributed by atoms with E-state index in [1.807, 2.05) is 79.9 Å². The number of fused-ring (bicyclic) bond motifs is 1. The number of esters is 1. The minimum absolute atomic E-state index is 0.191. The van der Waals surface area contributed by atoms with Crippen LogP contribution in [0.15, 0.2) is 121 Å². The van der Waals surface area contributed by atoms with Crippen LogP contribution in [-0.2, 0) is 4.74 Å². The molecular formula is C30H26N2O2. The number of hydrogen-bond acceptors (Lipinski definition) is 3. The summed E-state index contributed by atoms with van der Waals surface area (Å²) >= 11 is 0. The summed E-state index contributed by atoms with van der Waals surface area (Å²) in [7, 11) is 0. The smallest absolute Gasteiger partial charge is 0.340 e. The fraction of sp³-hybridized carbons (Fsp3) is 0.100. The number of para-hydroxylation sites is 2. The van der Waals surface area contributed by atoms with Gasteiger partial charge in [0.1, 0.15) is 0 Å². The van der Waals surface area contributed by atoms with E-state index in [9.17, 15) is 4.79 Å². The maximum atomic E-state index is 12.9. The molecule has 0 aliphatic heterocycles. The van der Waals surface area contributed by atoms with E-state index in [1.54, 1.807) is 0 Å². The fourth-order valence-corrected chi connectivity index (χ4v) is 4.47. The number of carbonyl (C=O) groups excluding carboxylic acids is 1. The summed E-state index contributed by atoms with van der Waals surface area (Å²) in [5.41, 5.74) is 5.63. The van der Waals surface area contributed by atoms with Crippen molar-refractivity contribution >= 4 is 22.9 Å². The largest absolute Gasteiger partial charge is 0.462 e. The number of ether oxygens (including phenoxy) is 1. The SMILES string of the molecule is CCOC(=O)c1cc([C@H](c2ccccc2)N(c2ccccc2)c2ccccc2)n2ccccc12. The molecule has 0 aliphatic carbocycles. The van der Waals surface area contributed by atoms with Crippen molar-refractivity contribution < 1.29 is 9.53 Å². The summed E-state index contributed by atoms with van der Waals surface area (Å²) in [6, 6.07) is 38.8. The van der Waals surface area contributed by atoms with E-state index in [2.05, 4.69) is 57.8 Å². The van der Waals surface area contributed by atoms with Crippen LogP contribution < -0.4 is 4.90 Å². The Hall–Kier alpha value is -4.31. The molecule has 4 heteroatoms. The van der Waals surface area contributed by atoms with Crippen molar-refractivity contribution in [1.82, 2.24) is 4.40 Å². The third kappa shape index (κ3) is 4.06. The van der Waals surface area contributed by atoms with Crippen LogP contribution in [-0.4, -0.2) is 17.0 Å². The van der Waals surface area contributed by atoms with E-state index in [4.69, 9.17) is 4.74 Å². The molecule has 1 atom stereocenters. The van der Waals surface area contributed by atoms with Gasteiger partial charge < -0.3 is 14.0 Å². The van der Waals surface area contributed by atoms with Gasteiger partial charge in [-0.3, -0.25) is 0 Å². The molecule has 5 aromatic rings. The van der Waals surface area contributed by atoms with Gasteiger partial charge in [-0.15, -0.1) is 0 Å². The molecule has 0 N–H and O–H groups in total. The summed E-state index contributed by atoms with van der Waals surface area (Å²) in [4.78, 5) is 15.2. The van der Waals surface area contributed by atoms with Gasteiger partial charge in [-0.2, -0.15) is 0 Å². The van der Waals surface area contributed by atoms with Crippen molar-refractivity contribution in [2.75, 3.05) is 11.5 Å². The van der Waals surface area contributed by atoms with Crippen molar-refractivity contribution in [3.63, 3.8) is 0 Å². The van der Waals surface area contributed by atoms with Crippen molar-refractivity contribution in [3.8, 4) is 0 Å². The number of aromatic nitrogens is 1. The van der Waals surface area contributed by atoms with Crippen molar-refractivity contribution in [3.05, 3.63) is 138 Å². The van der Waals surface area contributed by atoms with Crippen molar-refractivity contribution in [2.24, 2.45) is 0 Å². The zero-order chi connectivity index (χ0) is 23.3. The van der Waals surface area contributed by atoms with E-state index >= 15 is 0 Å². The highest BCUT2D eigenvalue weighted by Gasteiger charge is 2.29. The number of nitrogens with zero attached hydrogens (tertiary/aromatic N) is 2. The summed E-state index contributed by atoms with van der Waals surface area (Å²) in [6.07, 6.45) is 2.01. The zero-order valence-electron chi connectivity index (χ0n) is 19.0. The molecular weight excluding hydrogens is 420 g/mol. The summed E-state index contributed by atoms with van der Waals surface area (Å²) in [6.45, 7) is 2.16. The average molecular weight is 447 g/mol. The topological polar surface area (TPSA) is 34.0 Å². The molecule has 0 amide bonds. The van der Waals surface area contributed by atoms with E-state index < -0.39 is 0 Å². The number of rotatable bonds is 7. The minimum atomic E-state index is -0.310. The Balaban J connectivity index is 1.80. The predicted molar refractivity (Wildman–Crippen MR) is 137 cm³/mol. The third-order valence-corrected chi connectivity index (χ3v) is 5.92. The number of pyridine rings is 1. The lowest BCUT2D eigenvalue weighted by atomic mass is 9.99. The second kappa shape index (κ2) is 9.67. The third-order valence-electron chi connectivity index (χ3n) is 5.92. The van der Waals surface area contributed by atoms with Crippen LogP contribution in [0.25, 0.3) is 5.52 Å². The normalized spacial score (nSPS) is 11.8. The molecule has 4 nitrogen and oxygen atoms in total. The Bertz CT molecular complexity index is 1340. The fourth-order valence-electron chi connectivity index (χ4n) is 4.47. The van der Waals surface area contributed by atoms with Gasteiger partial charge in [-0.05, 0) is 55.0 Å². The van der Waals surface area contributed by atoms with Gasteiger partial charge in [0.2, 0.25) is 0 Å². The standard InChI is InChI=1S/C30H26N2O2/c1-2-34-30(33)26-22-28(31-21-13-12-20-27(26)31)29(23-14-6-3-7-15-23)32(24-16-8-4-9-17-24)25-18-10-5-11-19-25/h3-22,29H,2H2,1H3/t29-/m0/s1. The first-order valence-electron chi connectivity index (χ1n) is 11.5. The molecule has 168 valence electrons. The van der Waals surface area contributed by atoms with Crippen molar-refractivity contribution in [1.29, 1.82) is 0 Å². The van der Waals surface area contributed by atoms with Gasteiger partial charge >= 0.3 is 5.97 Å². The monoisotopic (exact) mass is 446 g/mol. The number of hydrogen-bond donors (Lipinski definition) is 0. The zero-order valence-corrected chi connectivity index (χ0v) is 19.0. The molecule has 34 heavy (non-hydrogen) atoms. The molecule has 2 heterocycles. The van der Waals surface area contributed by atoms with Gasteiger partial charge in [0.15, 0.2) is 0 Å². The van der Waals surface area contributed by atoms with E-state index in [-0.39, 0.29) is 12.0 Å². The van der Waals surface area contributed by atoms with Gasteiger partial charge in [0.25, 0.3) is 0 Å². The second-order valence-electron chi connectivity index (χ2n) is 8.01. The Labute approximate surface area is 199 Å². The molecule has 2 aromatic heterocycles. The van der Waals surface area contributed by atoms with Gasteiger partial charge in [-0.1, -0.05) is 72.8 Å². The first-order valence-corrected chi connectivity index (χ1v) is 11.5. The second-order valence-corrected chi connectivity index (χ2v) is 8.01. The average Bonchev–Trinajstić information content (AvgIpc) is 3.28. The molecule has 3 aromatic carbocycles. The Morgan fingerprint density at radius 3 is 1.94 bits per heavy atom. The maximum Gasteiger partial charge on any atom is 0.340 e. The quantitative estimate of drug-likeness (QED) is 0.251. The number of anilines is 2. The molecule has 5 rings (SSSR count). The summed E-state index contributed by atoms with van der Waals surface area (Å²) in [5.74, 6) is -0.310. The number of carbonyl (C=O) groups is 1. The first kappa shape index (κ1) is 21.5. The molecule has 0 bridgehead atoms. The van der Waals surface area contributed by atoms with Crippen LogP contribution in [0.4, 0.5) is 11.4 Å². The highest BCUT2D eigenvalue weighted by Crippen LogP contribution is 2.40. The van der Waals surface area contributed by atoms with E-state index in [0.717, 1.165) is 28.1 Å². The summed E-state index contributed by atoms with van der Waals surface area (Å²) in [5, 5.41) is 0. The molecule has 0 radical (unpaired) electrons. The highest BCUT2D eigenvalue weighted by molar-refractivity contribution is 5.98. The van der Waals surface area contributed by atoms with Crippen LogP contribution in [0, 0.1) is 0 Å². The lowest BCUT2D eigenvalue weighted by molar-refractivity contribution is 0.0528. The van der Waals surface area contributed by atoms with Crippen molar-refractivity contribution in [2.45, 2.75) is 13.0 Å². The van der Waals surface area contributed by atoms with Crippen LogP contribution in [0.1, 0.15) is 34.6 Å². The Morgan fingerprint density at radius 1 is 0.794 bits per heavy atom. The van der Waals surface area contributed by atoms with Gasteiger partial charge in [-0.25, -0.2) is 4.79 Å². The molecule has 0 fully saturated rings. The Morgan fingerprint density at radius 2 is 1.35 bits per heavy atom. The molecule has 0 saturated carbocycles. The molecule has 0 saturated heterocycles.